The summed E-state index contributed by atoms with van der Waals surface area (Å²) in [4.78, 5) is 0. The van der Waals surface area contributed by atoms with E-state index < -0.39 is 0 Å². The average molecular weight is 275 g/mol. The Morgan fingerprint density at radius 1 is 1.20 bits per heavy atom. The molecule has 1 N–H and O–H groups in total. The molecule has 0 aromatic heterocycles. The van der Waals surface area contributed by atoms with E-state index in [1.54, 1.807) is 0 Å². The van der Waals surface area contributed by atoms with Crippen molar-refractivity contribution in [1.29, 1.82) is 0 Å². The molecule has 2 rings (SSSR count). The minimum absolute atomic E-state index is 0.588. The fraction of sp³-hybridized carbons (Fsp3) is 0.667. The average Bonchev–Trinajstić information content (AvgIpc) is 2.50. The third-order valence-corrected chi connectivity index (χ3v) is 4.47. The molecule has 0 amide bonds. The largest absolute Gasteiger partial charge is 0.493 e. The van der Waals surface area contributed by atoms with Gasteiger partial charge >= 0.3 is 0 Å². The molecule has 0 aliphatic carbocycles. The van der Waals surface area contributed by atoms with E-state index in [-0.39, 0.29) is 0 Å². The summed E-state index contributed by atoms with van der Waals surface area (Å²) in [5.74, 6) is 1.70. The Morgan fingerprint density at radius 2 is 2.00 bits per heavy atom. The van der Waals surface area contributed by atoms with Gasteiger partial charge in [-0.2, -0.15) is 0 Å². The van der Waals surface area contributed by atoms with Crippen LogP contribution in [0.1, 0.15) is 51.0 Å². The highest BCUT2D eigenvalue weighted by Gasteiger charge is 2.25. The number of unbranched alkanes of at least 4 members (excludes halogenated alkanes) is 4. The summed E-state index contributed by atoms with van der Waals surface area (Å²) in [7, 11) is 2.09. The number of hydrogen-bond acceptors (Lipinski definition) is 2. The normalized spacial score (nSPS) is 19.2. The summed E-state index contributed by atoms with van der Waals surface area (Å²) < 4.78 is 5.92. The summed E-state index contributed by atoms with van der Waals surface area (Å²) in [5, 5.41) is 3.51. The molecule has 1 aliphatic heterocycles. The van der Waals surface area contributed by atoms with E-state index in [0.29, 0.717) is 12.0 Å². The van der Waals surface area contributed by atoms with Gasteiger partial charge in [-0.3, -0.25) is 0 Å². The Morgan fingerprint density at radius 3 is 2.80 bits per heavy atom. The molecular formula is C18H29NO. The van der Waals surface area contributed by atoms with Crippen molar-refractivity contribution in [3.8, 4) is 5.75 Å². The summed E-state index contributed by atoms with van der Waals surface area (Å²) in [5.41, 5.74) is 1.37. The van der Waals surface area contributed by atoms with Gasteiger partial charge in [0.15, 0.2) is 0 Å². The number of nitrogens with one attached hydrogen (secondary N) is 1. The lowest BCUT2D eigenvalue weighted by Crippen LogP contribution is -2.39. The number of rotatable bonds is 8. The molecule has 1 heterocycles. The number of fused-ring (bicyclic) bond motifs is 1. The molecule has 0 saturated heterocycles. The molecule has 1 aliphatic rings. The van der Waals surface area contributed by atoms with Gasteiger partial charge in [0.25, 0.3) is 0 Å². The Hall–Kier alpha value is -1.02. The van der Waals surface area contributed by atoms with Gasteiger partial charge in [-0.05, 0) is 31.5 Å². The van der Waals surface area contributed by atoms with Crippen LogP contribution in [0, 0.1) is 5.92 Å². The predicted molar refractivity (Wildman–Crippen MR) is 85.4 cm³/mol. The second-order valence-corrected chi connectivity index (χ2v) is 5.98. The van der Waals surface area contributed by atoms with Crippen molar-refractivity contribution in [2.24, 2.45) is 5.92 Å². The van der Waals surface area contributed by atoms with Crippen LogP contribution in [0.25, 0.3) is 0 Å². The second-order valence-electron chi connectivity index (χ2n) is 5.98. The van der Waals surface area contributed by atoms with Crippen LogP contribution in [0.2, 0.25) is 0 Å². The van der Waals surface area contributed by atoms with Gasteiger partial charge in [-0.1, -0.05) is 57.2 Å². The highest BCUT2D eigenvalue weighted by Crippen LogP contribution is 2.29. The monoisotopic (exact) mass is 275 g/mol. The smallest absolute Gasteiger partial charge is 0.122 e. The van der Waals surface area contributed by atoms with E-state index in [1.807, 2.05) is 0 Å². The molecule has 0 bridgehead atoms. The van der Waals surface area contributed by atoms with Crippen molar-refractivity contribution in [1.82, 2.24) is 5.32 Å². The van der Waals surface area contributed by atoms with Crippen LogP contribution in [0.4, 0.5) is 0 Å². The lowest BCUT2D eigenvalue weighted by Gasteiger charge is -2.31. The zero-order chi connectivity index (χ0) is 14.2. The molecule has 2 nitrogen and oxygen atoms in total. The highest BCUT2D eigenvalue weighted by atomic mass is 16.5. The molecule has 112 valence electrons. The predicted octanol–water partition coefficient (Wildman–Crippen LogP) is 4.19. The van der Waals surface area contributed by atoms with Crippen LogP contribution in [-0.2, 0) is 6.42 Å². The minimum atomic E-state index is 0.588. The third-order valence-electron chi connectivity index (χ3n) is 4.47. The lowest BCUT2D eigenvalue weighted by atomic mass is 9.87. The Kier molecular flexibility index (Phi) is 6.38. The first kappa shape index (κ1) is 15.4. The minimum Gasteiger partial charge on any atom is -0.493 e. The van der Waals surface area contributed by atoms with Gasteiger partial charge in [0.1, 0.15) is 5.75 Å². The number of hydrogen-bond donors (Lipinski definition) is 1. The molecule has 0 fully saturated rings. The molecule has 0 saturated carbocycles. The van der Waals surface area contributed by atoms with E-state index in [0.717, 1.165) is 18.8 Å². The topological polar surface area (TPSA) is 21.3 Å². The van der Waals surface area contributed by atoms with E-state index >= 15 is 0 Å². The van der Waals surface area contributed by atoms with Crippen LogP contribution in [0.15, 0.2) is 24.3 Å². The van der Waals surface area contributed by atoms with Gasteiger partial charge in [0, 0.05) is 12.0 Å². The number of ether oxygens (including phenoxy) is 1. The molecule has 2 heteroatoms. The van der Waals surface area contributed by atoms with Crippen molar-refractivity contribution in [3.05, 3.63) is 29.8 Å². The van der Waals surface area contributed by atoms with Crippen molar-refractivity contribution >= 4 is 0 Å². The van der Waals surface area contributed by atoms with Crippen molar-refractivity contribution in [3.63, 3.8) is 0 Å². The van der Waals surface area contributed by atoms with Crippen LogP contribution >= 0.6 is 0 Å². The molecule has 2 atom stereocenters. The van der Waals surface area contributed by atoms with Crippen LogP contribution < -0.4 is 10.1 Å². The summed E-state index contributed by atoms with van der Waals surface area (Å²) in [6.45, 7) is 3.13. The first-order chi connectivity index (χ1) is 9.85. The molecule has 20 heavy (non-hydrogen) atoms. The van der Waals surface area contributed by atoms with Crippen LogP contribution in [0.3, 0.4) is 0 Å². The highest BCUT2D eigenvalue weighted by molar-refractivity contribution is 5.35. The molecule has 1 aromatic rings. The summed E-state index contributed by atoms with van der Waals surface area (Å²) in [6, 6.07) is 9.05. The molecule has 0 radical (unpaired) electrons. The molecule has 1 aromatic carbocycles. The molecular weight excluding hydrogens is 246 g/mol. The maximum Gasteiger partial charge on any atom is 0.122 e. The number of para-hydroxylation sites is 1. The van der Waals surface area contributed by atoms with E-state index in [1.165, 1.54) is 44.1 Å². The Bertz CT molecular complexity index is 391. The Labute approximate surface area is 123 Å². The van der Waals surface area contributed by atoms with Gasteiger partial charge in [-0.15, -0.1) is 0 Å². The maximum atomic E-state index is 5.92. The van der Waals surface area contributed by atoms with Crippen molar-refractivity contribution < 1.29 is 4.74 Å². The van der Waals surface area contributed by atoms with E-state index in [9.17, 15) is 0 Å². The first-order valence-electron chi connectivity index (χ1n) is 8.23. The van der Waals surface area contributed by atoms with Crippen molar-refractivity contribution in [2.75, 3.05) is 13.7 Å². The molecule has 0 spiro atoms. The summed E-state index contributed by atoms with van der Waals surface area (Å²) in [6.07, 6.45) is 9.22. The van der Waals surface area contributed by atoms with Crippen LogP contribution in [0.5, 0.6) is 5.75 Å². The number of benzene rings is 1. The van der Waals surface area contributed by atoms with E-state index in [4.69, 9.17) is 4.74 Å². The van der Waals surface area contributed by atoms with Gasteiger partial charge in [0.05, 0.1) is 6.61 Å². The van der Waals surface area contributed by atoms with Crippen LogP contribution in [-0.4, -0.2) is 19.7 Å². The second kappa shape index (κ2) is 8.31. The maximum absolute atomic E-state index is 5.92. The SMILES string of the molecule is CCCCCCCC(NC)C1COc2ccccc2C1. The van der Waals surface area contributed by atoms with Gasteiger partial charge in [-0.25, -0.2) is 0 Å². The van der Waals surface area contributed by atoms with E-state index in [2.05, 4.69) is 43.6 Å². The fourth-order valence-corrected chi connectivity index (χ4v) is 3.19. The van der Waals surface area contributed by atoms with Gasteiger partial charge < -0.3 is 10.1 Å². The summed E-state index contributed by atoms with van der Waals surface area (Å²) >= 11 is 0. The quantitative estimate of drug-likeness (QED) is 0.718. The standard InChI is InChI=1S/C18H29NO/c1-3-4-5-6-7-11-17(19-2)16-13-15-10-8-9-12-18(15)20-14-16/h8-10,12,16-17,19H,3-7,11,13-14H2,1-2H3. The third kappa shape index (κ3) is 4.24. The zero-order valence-corrected chi connectivity index (χ0v) is 13.0. The fourth-order valence-electron chi connectivity index (χ4n) is 3.19. The zero-order valence-electron chi connectivity index (χ0n) is 13.0. The lowest BCUT2D eigenvalue weighted by molar-refractivity contribution is 0.181. The first-order valence-corrected chi connectivity index (χ1v) is 8.23. The van der Waals surface area contributed by atoms with Crippen molar-refractivity contribution in [2.45, 2.75) is 57.9 Å². The molecule has 2 unspecified atom stereocenters. The van der Waals surface area contributed by atoms with Gasteiger partial charge in [0.2, 0.25) is 0 Å². The Balaban J connectivity index is 1.80.